The van der Waals surface area contributed by atoms with Crippen molar-refractivity contribution in [2.24, 2.45) is 0 Å². The third kappa shape index (κ3) is 10.2. The molecule has 3 rings (SSSR count). The molecule has 3 aromatic rings. The summed E-state index contributed by atoms with van der Waals surface area (Å²) in [5.41, 5.74) is 5.88. The van der Waals surface area contributed by atoms with E-state index in [1.54, 1.807) is 56.3 Å². The van der Waals surface area contributed by atoms with Crippen molar-refractivity contribution in [3.63, 3.8) is 0 Å². The first kappa shape index (κ1) is 34.9. The second-order valence-electron chi connectivity index (χ2n) is 9.33. The van der Waals surface area contributed by atoms with E-state index in [0.29, 0.717) is 5.56 Å². The third-order valence-corrected chi connectivity index (χ3v) is 6.01. The van der Waals surface area contributed by atoms with Gasteiger partial charge in [-0.05, 0) is 44.2 Å². The third-order valence-electron chi connectivity index (χ3n) is 6.01. The van der Waals surface area contributed by atoms with Gasteiger partial charge in [-0.3, -0.25) is 4.79 Å². The number of ether oxygens (including phenoxy) is 3. The molecule has 1 unspecified atom stereocenters. The molecule has 44 heavy (non-hydrogen) atoms. The number of nitrogens with zero attached hydrogens (tertiary/aromatic N) is 1. The Morgan fingerprint density at radius 3 is 1.66 bits per heavy atom. The highest BCUT2D eigenvalue weighted by atomic mass is 16.8. The first-order valence-corrected chi connectivity index (χ1v) is 12.9. The minimum atomic E-state index is -2.33. The largest absolute Gasteiger partial charge is 0.769 e. The summed E-state index contributed by atoms with van der Waals surface area (Å²) >= 11 is 0. The van der Waals surface area contributed by atoms with Crippen LogP contribution in [0.4, 0.5) is 5.69 Å². The van der Waals surface area contributed by atoms with Crippen molar-refractivity contribution in [1.82, 2.24) is 0 Å². The van der Waals surface area contributed by atoms with Crippen LogP contribution in [0.1, 0.15) is 49.9 Å². The zero-order valence-electron chi connectivity index (χ0n) is 24.0. The monoisotopic (exact) mass is 610 g/mol. The molecule has 0 aliphatic rings. The predicted octanol–water partition coefficient (Wildman–Crippen LogP) is 1.22. The van der Waals surface area contributed by atoms with Crippen LogP contribution < -0.4 is 16.1 Å². The van der Waals surface area contributed by atoms with Gasteiger partial charge in [-0.25, -0.2) is 14.4 Å². The highest BCUT2D eigenvalue weighted by Gasteiger charge is 2.36. The molecule has 0 spiro atoms. The number of quaternary nitrogens is 1. The van der Waals surface area contributed by atoms with E-state index in [2.05, 4.69) is 10.5 Å². The average molecular weight is 611 g/mol. The molecule has 0 amide bonds. The molecule has 0 saturated carbocycles. The number of carbonyl (C=O) groups is 5. The summed E-state index contributed by atoms with van der Waals surface area (Å²) in [5, 5.41) is 41.7. The fourth-order valence-electron chi connectivity index (χ4n) is 3.61. The van der Waals surface area contributed by atoms with E-state index in [-0.39, 0.29) is 23.2 Å². The quantitative estimate of drug-likeness (QED) is 0.177. The predicted molar refractivity (Wildman–Crippen MR) is 151 cm³/mol. The van der Waals surface area contributed by atoms with E-state index in [1.165, 1.54) is 37.4 Å². The summed E-state index contributed by atoms with van der Waals surface area (Å²) in [7, 11) is 1.27. The van der Waals surface area contributed by atoms with Crippen LogP contribution in [0.5, 0.6) is 0 Å². The average Bonchev–Trinajstić information content (AvgIpc) is 2.99. The minimum absolute atomic E-state index is 0.00542. The van der Waals surface area contributed by atoms with Crippen molar-refractivity contribution in [3.05, 3.63) is 111 Å². The topological polar surface area (TPSA) is 233 Å². The van der Waals surface area contributed by atoms with Gasteiger partial charge in [0, 0.05) is 11.3 Å². The molecule has 14 heteroatoms. The Kier molecular flexibility index (Phi) is 13.0. The zero-order valence-corrected chi connectivity index (χ0v) is 24.0. The summed E-state index contributed by atoms with van der Waals surface area (Å²) in [6.07, 6.45) is -4.59. The molecular weight excluding hydrogens is 580 g/mol. The van der Waals surface area contributed by atoms with Gasteiger partial charge in [0.1, 0.15) is 12.5 Å². The fraction of sp³-hybridized carbons (Fsp3) is 0.233. The lowest BCUT2D eigenvalue weighted by Gasteiger charge is -2.39. The van der Waals surface area contributed by atoms with E-state index in [0.717, 1.165) is 11.1 Å². The Balaban J connectivity index is 0.000000358. The van der Waals surface area contributed by atoms with Crippen LogP contribution in [0.15, 0.2) is 72.8 Å². The van der Waals surface area contributed by atoms with Gasteiger partial charge in [0.25, 0.3) is 0 Å². The molecule has 0 aromatic heterocycles. The Hall–Kier alpha value is -5.31. The number of esters is 3. The van der Waals surface area contributed by atoms with Gasteiger partial charge < -0.3 is 50.6 Å². The van der Waals surface area contributed by atoms with Gasteiger partial charge in [0.05, 0.1) is 24.2 Å². The van der Waals surface area contributed by atoms with Crippen LogP contribution in [0.3, 0.4) is 0 Å². The summed E-state index contributed by atoms with van der Waals surface area (Å²) in [4.78, 5) is 58.2. The highest BCUT2D eigenvalue weighted by molar-refractivity contribution is 5.95. The minimum Gasteiger partial charge on any atom is -0.769 e. The van der Waals surface area contributed by atoms with Crippen LogP contribution in [0.25, 0.3) is 0 Å². The molecule has 0 bridgehead atoms. The number of methoxy groups -OCH3 is 1. The molecule has 0 saturated heterocycles. The van der Waals surface area contributed by atoms with Crippen molar-refractivity contribution < 1.29 is 54.1 Å². The van der Waals surface area contributed by atoms with Crippen LogP contribution in [0.2, 0.25) is 0 Å². The molecule has 4 N–H and O–H groups in total. The van der Waals surface area contributed by atoms with E-state index < -0.39 is 53.3 Å². The molecule has 0 aliphatic heterocycles. The van der Waals surface area contributed by atoms with Gasteiger partial charge in [-0.1, -0.05) is 53.6 Å². The summed E-state index contributed by atoms with van der Waals surface area (Å²) < 4.78 is 14.0. The number of carbonyl (C=O) groups excluding carboxylic acids is 4. The Labute approximate surface area is 251 Å². The first-order chi connectivity index (χ1) is 20.7. The fourth-order valence-corrected chi connectivity index (χ4v) is 3.61. The number of rotatable bonds is 11. The molecule has 14 nitrogen and oxygen atoms in total. The lowest BCUT2D eigenvalue weighted by Crippen LogP contribution is -2.54. The molecule has 0 fully saturated rings. The second kappa shape index (κ2) is 16.4. The molecule has 0 radical (unpaired) electrons. The summed E-state index contributed by atoms with van der Waals surface area (Å²) in [6, 6.07) is 17.7. The van der Waals surface area contributed by atoms with E-state index in [9.17, 15) is 44.6 Å². The number of carboxylic acid groups (broad SMARTS) is 2. The molecule has 3 atom stereocenters. The number of aryl methyl sites for hydroxylation is 2. The maximum absolute atomic E-state index is 12.2. The smallest absolute Gasteiger partial charge is 0.349 e. The van der Waals surface area contributed by atoms with E-state index in [1.807, 2.05) is 0 Å². The second-order valence-corrected chi connectivity index (χ2v) is 9.33. The first-order valence-electron chi connectivity index (χ1n) is 12.9. The van der Waals surface area contributed by atoms with Crippen molar-refractivity contribution >= 4 is 35.5 Å². The van der Waals surface area contributed by atoms with E-state index in [4.69, 9.17) is 9.47 Å². The lowest BCUT2D eigenvalue weighted by molar-refractivity contribution is -0.425. The number of aliphatic carboxylic acids is 2. The standard InChI is InChI=1S/C20H18O8.C10H12N2O4/c1-11-3-7-13(8-4-11)19(25)27-15(17(21)22)16(18(23)24)28-20(26)14-9-5-12(2)6-10-14;1-16-10(13)6-8(11)7-4-2-3-5-9(7)12(14)15/h3-10,15-16H,1-2H3,(H,21,22)(H,23,24);2-5,8H,6,11H2,1H3/q;-2/t15-,16-;/m0./s1. The van der Waals surface area contributed by atoms with Crippen molar-refractivity contribution in [2.75, 3.05) is 12.3 Å². The molecule has 234 valence electrons. The van der Waals surface area contributed by atoms with Crippen LogP contribution >= 0.6 is 0 Å². The SMILES string of the molecule is COC(=O)CC([NH3+])c1ccccc1N([O-])[O-].Cc1ccc(C(=O)O[C@H](C(=O)[O-])[C@H](OC(=O)c2ccc(C)cc2)C(=O)O)cc1. The lowest BCUT2D eigenvalue weighted by atomic mass is 10.0. The number of hydrogen-bond donors (Lipinski definition) is 2. The molecular formula is C30H30N2O12-2. The van der Waals surface area contributed by atoms with Gasteiger partial charge in [-0.15, -0.1) is 0 Å². The van der Waals surface area contributed by atoms with Gasteiger partial charge >= 0.3 is 23.9 Å². The number of carboxylic acids is 2. The number of benzene rings is 3. The summed E-state index contributed by atoms with van der Waals surface area (Å²) in [5.74, 6) is -6.41. The molecule has 3 aromatic carbocycles. The number of anilines is 1. The molecule has 0 aliphatic carbocycles. The van der Waals surface area contributed by atoms with Gasteiger partial charge in [0.15, 0.2) is 6.10 Å². The zero-order chi connectivity index (χ0) is 33.0. The number of para-hydroxylation sites is 1. The summed E-state index contributed by atoms with van der Waals surface area (Å²) in [6.45, 7) is 3.57. The van der Waals surface area contributed by atoms with Gasteiger partial charge in [0.2, 0.25) is 6.10 Å². The maximum Gasteiger partial charge on any atom is 0.349 e. The number of hydrogen-bond acceptors (Lipinski definition) is 12. The van der Waals surface area contributed by atoms with E-state index >= 15 is 0 Å². The highest BCUT2D eigenvalue weighted by Crippen LogP contribution is 2.25. The van der Waals surface area contributed by atoms with Crippen LogP contribution in [-0.4, -0.2) is 54.3 Å². The van der Waals surface area contributed by atoms with Gasteiger partial charge in [-0.2, -0.15) is 0 Å². The Bertz CT molecular complexity index is 1380. The van der Waals surface area contributed by atoms with Crippen molar-refractivity contribution in [1.29, 1.82) is 0 Å². The van der Waals surface area contributed by atoms with Crippen LogP contribution in [-0.2, 0) is 28.6 Å². The normalized spacial score (nSPS) is 12.3. The Morgan fingerprint density at radius 1 is 0.795 bits per heavy atom. The maximum atomic E-state index is 12.2. The van der Waals surface area contributed by atoms with Crippen molar-refractivity contribution in [2.45, 2.75) is 38.5 Å². The molecule has 0 heterocycles. The Morgan fingerprint density at radius 2 is 1.25 bits per heavy atom. The van der Waals surface area contributed by atoms with Crippen LogP contribution in [0, 0.1) is 24.3 Å². The van der Waals surface area contributed by atoms with Crippen molar-refractivity contribution in [3.8, 4) is 0 Å².